The molecule has 1 aromatic heterocycles. The first-order chi connectivity index (χ1) is 9.53. The van der Waals surface area contributed by atoms with E-state index in [0.29, 0.717) is 6.54 Å². The SMILES string of the molecule is N#Cc1cc(S(=O)(=O)NCCn2ccnc2)ccc1F. The van der Waals surface area contributed by atoms with Crippen molar-refractivity contribution in [1.29, 1.82) is 5.26 Å². The van der Waals surface area contributed by atoms with Gasteiger partial charge in [0, 0.05) is 25.5 Å². The third-order valence-electron chi connectivity index (χ3n) is 2.59. The molecule has 0 atom stereocenters. The number of halogens is 1. The van der Waals surface area contributed by atoms with Crippen molar-refractivity contribution in [1.82, 2.24) is 14.3 Å². The van der Waals surface area contributed by atoms with Gasteiger partial charge in [0.25, 0.3) is 0 Å². The lowest BCUT2D eigenvalue weighted by atomic mass is 10.2. The molecule has 0 saturated heterocycles. The summed E-state index contributed by atoms with van der Waals surface area (Å²) in [6, 6.07) is 4.70. The third-order valence-corrected chi connectivity index (χ3v) is 4.05. The van der Waals surface area contributed by atoms with Crippen LogP contribution in [0.2, 0.25) is 0 Å². The Labute approximate surface area is 115 Å². The maximum Gasteiger partial charge on any atom is 0.240 e. The molecule has 0 aliphatic heterocycles. The summed E-state index contributed by atoms with van der Waals surface area (Å²) in [7, 11) is -3.76. The molecule has 20 heavy (non-hydrogen) atoms. The van der Waals surface area contributed by atoms with Crippen LogP contribution >= 0.6 is 0 Å². The second kappa shape index (κ2) is 5.81. The van der Waals surface area contributed by atoms with Gasteiger partial charge in [0.05, 0.1) is 16.8 Å². The summed E-state index contributed by atoms with van der Waals surface area (Å²) in [4.78, 5) is 3.70. The lowest BCUT2D eigenvalue weighted by Crippen LogP contribution is -2.27. The van der Waals surface area contributed by atoms with Crippen molar-refractivity contribution in [3.8, 4) is 6.07 Å². The highest BCUT2D eigenvalue weighted by Gasteiger charge is 2.15. The maximum atomic E-state index is 13.1. The average molecular weight is 294 g/mol. The quantitative estimate of drug-likeness (QED) is 0.886. The van der Waals surface area contributed by atoms with Crippen LogP contribution in [-0.4, -0.2) is 24.5 Å². The van der Waals surface area contributed by atoms with Crippen LogP contribution in [0.3, 0.4) is 0 Å². The number of nitrogens with one attached hydrogen (secondary N) is 1. The molecule has 6 nitrogen and oxygen atoms in total. The van der Waals surface area contributed by atoms with Crippen molar-refractivity contribution in [3.63, 3.8) is 0 Å². The summed E-state index contributed by atoms with van der Waals surface area (Å²) >= 11 is 0. The van der Waals surface area contributed by atoms with E-state index < -0.39 is 15.8 Å². The van der Waals surface area contributed by atoms with E-state index in [4.69, 9.17) is 5.26 Å². The number of nitriles is 1. The number of aromatic nitrogens is 2. The van der Waals surface area contributed by atoms with E-state index in [-0.39, 0.29) is 17.0 Å². The lowest BCUT2D eigenvalue weighted by molar-refractivity contribution is 0.572. The first-order valence-corrected chi connectivity index (χ1v) is 7.16. The highest BCUT2D eigenvalue weighted by Crippen LogP contribution is 2.14. The van der Waals surface area contributed by atoms with E-state index in [0.717, 1.165) is 18.2 Å². The molecule has 1 N–H and O–H groups in total. The zero-order chi connectivity index (χ0) is 14.6. The Hall–Kier alpha value is -2.24. The minimum absolute atomic E-state index is 0.138. The number of hydrogen-bond donors (Lipinski definition) is 1. The number of benzene rings is 1. The van der Waals surface area contributed by atoms with Crippen LogP contribution in [0.4, 0.5) is 4.39 Å². The van der Waals surface area contributed by atoms with Gasteiger partial charge in [-0.15, -0.1) is 0 Å². The number of rotatable bonds is 5. The van der Waals surface area contributed by atoms with Crippen LogP contribution in [0.25, 0.3) is 0 Å². The number of hydrogen-bond acceptors (Lipinski definition) is 4. The summed E-state index contributed by atoms with van der Waals surface area (Å²) in [5, 5.41) is 8.69. The first-order valence-electron chi connectivity index (χ1n) is 5.68. The standard InChI is InChI=1S/C12H11FN4O2S/c13-12-2-1-11(7-10(12)8-14)20(18,19)16-4-6-17-5-3-15-9-17/h1-3,5,7,9,16H,4,6H2. The Bertz CT molecular complexity index is 735. The highest BCUT2D eigenvalue weighted by molar-refractivity contribution is 7.89. The summed E-state index contributed by atoms with van der Waals surface area (Å²) in [6.07, 6.45) is 4.87. The number of nitrogens with zero attached hydrogens (tertiary/aromatic N) is 3. The molecule has 0 bridgehead atoms. The van der Waals surface area contributed by atoms with Crippen LogP contribution in [0.5, 0.6) is 0 Å². The molecule has 0 fully saturated rings. The molecule has 1 aromatic carbocycles. The fourth-order valence-corrected chi connectivity index (χ4v) is 2.62. The van der Waals surface area contributed by atoms with E-state index in [2.05, 4.69) is 9.71 Å². The third kappa shape index (κ3) is 3.20. The van der Waals surface area contributed by atoms with Crippen LogP contribution in [-0.2, 0) is 16.6 Å². The Morgan fingerprint density at radius 1 is 1.45 bits per heavy atom. The number of sulfonamides is 1. The molecule has 2 rings (SSSR count). The minimum atomic E-state index is -3.76. The van der Waals surface area contributed by atoms with Crippen molar-refractivity contribution in [2.45, 2.75) is 11.4 Å². The van der Waals surface area contributed by atoms with Crippen LogP contribution in [0.1, 0.15) is 5.56 Å². The number of imidazole rings is 1. The lowest BCUT2D eigenvalue weighted by Gasteiger charge is -2.07. The molecule has 0 aliphatic carbocycles. The predicted molar refractivity (Wildman–Crippen MR) is 68.5 cm³/mol. The van der Waals surface area contributed by atoms with E-state index in [1.54, 1.807) is 29.4 Å². The fraction of sp³-hybridized carbons (Fsp3) is 0.167. The summed E-state index contributed by atoms with van der Waals surface area (Å²) in [5.41, 5.74) is -0.303. The largest absolute Gasteiger partial charge is 0.336 e. The second-order valence-electron chi connectivity index (χ2n) is 3.95. The van der Waals surface area contributed by atoms with Gasteiger partial charge in [-0.1, -0.05) is 0 Å². The van der Waals surface area contributed by atoms with Crippen LogP contribution in [0.15, 0.2) is 41.8 Å². The minimum Gasteiger partial charge on any atom is -0.336 e. The van der Waals surface area contributed by atoms with E-state index in [1.807, 2.05) is 0 Å². The molecule has 104 valence electrons. The van der Waals surface area contributed by atoms with Gasteiger partial charge >= 0.3 is 0 Å². The van der Waals surface area contributed by atoms with Crippen molar-refractivity contribution < 1.29 is 12.8 Å². The van der Waals surface area contributed by atoms with Gasteiger partial charge in [0.2, 0.25) is 10.0 Å². The molecule has 0 unspecified atom stereocenters. The molecule has 2 aromatic rings. The predicted octanol–water partition coefficient (Wildman–Crippen LogP) is 0.872. The zero-order valence-electron chi connectivity index (χ0n) is 10.3. The van der Waals surface area contributed by atoms with Crippen molar-refractivity contribution in [3.05, 3.63) is 48.3 Å². The highest BCUT2D eigenvalue weighted by atomic mass is 32.2. The van der Waals surface area contributed by atoms with Crippen molar-refractivity contribution >= 4 is 10.0 Å². The van der Waals surface area contributed by atoms with Crippen molar-refractivity contribution in [2.24, 2.45) is 0 Å². The molecule has 0 spiro atoms. The Balaban J connectivity index is 2.08. The Morgan fingerprint density at radius 3 is 2.90 bits per heavy atom. The van der Waals surface area contributed by atoms with Gasteiger partial charge in [-0.3, -0.25) is 0 Å². The average Bonchev–Trinajstić information content (AvgIpc) is 2.92. The van der Waals surface area contributed by atoms with E-state index >= 15 is 0 Å². The normalized spacial score (nSPS) is 11.2. The van der Waals surface area contributed by atoms with Crippen LogP contribution in [0, 0.1) is 17.1 Å². The van der Waals surface area contributed by atoms with Gasteiger partial charge < -0.3 is 4.57 Å². The van der Waals surface area contributed by atoms with Gasteiger partial charge in [-0.05, 0) is 18.2 Å². The summed E-state index contributed by atoms with van der Waals surface area (Å²) < 4.78 is 41.2. The zero-order valence-corrected chi connectivity index (χ0v) is 11.1. The monoisotopic (exact) mass is 294 g/mol. The summed E-state index contributed by atoms with van der Waals surface area (Å²) in [5.74, 6) is -0.745. The van der Waals surface area contributed by atoms with Gasteiger partial charge in [-0.2, -0.15) is 5.26 Å². The maximum absolute atomic E-state index is 13.1. The smallest absolute Gasteiger partial charge is 0.240 e. The molecule has 1 heterocycles. The summed E-state index contributed by atoms with van der Waals surface area (Å²) in [6.45, 7) is 0.587. The molecule has 0 amide bonds. The second-order valence-corrected chi connectivity index (χ2v) is 5.72. The molecular formula is C12H11FN4O2S. The topological polar surface area (TPSA) is 87.8 Å². The van der Waals surface area contributed by atoms with Gasteiger partial charge in [-0.25, -0.2) is 22.5 Å². The van der Waals surface area contributed by atoms with E-state index in [1.165, 1.54) is 0 Å². The molecule has 8 heteroatoms. The van der Waals surface area contributed by atoms with Crippen LogP contribution < -0.4 is 4.72 Å². The molecule has 0 aliphatic rings. The molecule has 0 radical (unpaired) electrons. The van der Waals surface area contributed by atoms with Gasteiger partial charge in [0.1, 0.15) is 11.9 Å². The Kier molecular flexibility index (Phi) is 4.12. The molecule has 0 saturated carbocycles. The van der Waals surface area contributed by atoms with Crippen molar-refractivity contribution in [2.75, 3.05) is 6.54 Å². The first kappa shape index (κ1) is 14.2. The van der Waals surface area contributed by atoms with Gasteiger partial charge in [0.15, 0.2) is 0 Å². The Morgan fingerprint density at radius 2 is 2.25 bits per heavy atom. The van der Waals surface area contributed by atoms with E-state index in [9.17, 15) is 12.8 Å². The fourth-order valence-electron chi connectivity index (χ4n) is 1.57. The molecular weight excluding hydrogens is 283 g/mol.